The highest BCUT2D eigenvalue weighted by Gasteiger charge is 2.21. The van der Waals surface area contributed by atoms with Gasteiger partial charge in [-0.3, -0.25) is 9.36 Å². The number of halogens is 1. The standard InChI is InChI=1S/C13H13BrN2O3/c1-3-11(13(18)19-2)16-7-15-10-5-4-8(14)6-9(10)12(16)17/h4-7,11H,3H2,1-2H3. The van der Waals surface area contributed by atoms with E-state index in [0.717, 1.165) is 4.47 Å². The van der Waals surface area contributed by atoms with E-state index in [4.69, 9.17) is 4.74 Å². The molecule has 0 aliphatic heterocycles. The average Bonchev–Trinajstić information content (AvgIpc) is 2.42. The minimum atomic E-state index is -0.645. The number of rotatable bonds is 3. The summed E-state index contributed by atoms with van der Waals surface area (Å²) in [6.07, 6.45) is 1.86. The number of fused-ring (bicyclic) bond motifs is 1. The first-order valence-corrected chi connectivity index (χ1v) is 6.62. The van der Waals surface area contributed by atoms with E-state index < -0.39 is 12.0 Å². The summed E-state index contributed by atoms with van der Waals surface area (Å²) >= 11 is 3.32. The van der Waals surface area contributed by atoms with Crippen molar-refractivity contribution in [2.75, 3.05) is 7.11 Å². The third kappa shape index (κ3) is 2.53. The lowest BCUT2D eigenvalue weighted by Gasteiger charge is -2.15. The van der Waals surface area contributed by atoms with Gasteiger partial charge in [-0.15, -0.1) is 0 Å². The molecule has 100 valence electrons. The molecule has 1 aromatic carbocycles. The smallest absolute Gasteiger partial charge is 0.329 e. The summed E-state index contributed by atoms with van der Waals surface area (Å²) in [5, 5.41) is 0.472. The lowest BCUT2D eigenvalue weighted by Crippen LogP contribution is -2.30. The van der Waals surface area contributed by atoms with Gasteiger partial charge in [0.2, 0.25) is 0 Å². The van der Waals surface area contributed by atoms with Gasteiger partial charge in [0, 0.05) is 4.47 Å². The Bertz CT molecular complexity index is 681. The molecule has 0 spiro atoms. The monoisotopic (exact) mass is 324 g/mol. The zero-order chi connectivity index (χ0) is 14.0. The first-order valence-electron chi connectivity index (χ1n) is 5.82. The quantitative estimate of drug-likeness (QED) is 0.813. The predicted octanol–water partition coefficient (Wildman–Crippen LogP) is 2.28. The predicted molar refractivity (Wildman–Crippen MR) is 75.0 cm³/mol. The van der Waals surface area contributed by atoms with Gasteiger partial charge in [0.05, 0.1) is 24.3 Å². The van der Waals surface area contributed by atoms with Gasteiger partial charge < -0.3 is 4.74 Å². The maximum atomic E-state index is 12.4. The normalized spacial score (nSPS) is 12.4. The Morgan fingerprint density at radius 3 is 2.89 bits per heavy atom. The number of aromatic nitrogens is 2. The third-order valence-electron chi connectivity index (χ3n) is 2.94. The number of carbonyl (C=O) groups excluding carboxylic acids is 1. The molecule has 0 aliphatic carbocycles. The van der Waals surface area contributed by atoms with Crippen LogP contribution in [0.5, 0.6) is 0 Å². The highest BCUT2D eigenvalue weighted by Crippen LogP contribution is 2.17. The van der Waals surface area contributed by atoms with Gasteiger partial charge >= 0.3 is 5.97 Å². The Labute approximate surface area is 118 Å². The van der Waals surface area contributed by atoms with Crippen molar-refractivity contribution >= 4 is 32.8 Å². The number of hydrogen-bond acceptors (Lipinski definition) is 4. The zero-order valence-electron chi connectivity index (χ0n) is 10.6. The van der Waals surface area contributed by atoms with Crippen molar-refractivity contribution in [3.63, 3.8) is 0 Å². The summed E-state index contributed by atoms with van der Waals surface area (Å²) in [5.41, 5.74) is 0.354. The fourth-order valence-electron chi connectivity index (χ4n) is 1.94. The van der Waals surface area contributed by atoms with E-state index in [1.165, 1.54) is 18.0 Å². The molecule has 6 heteroatoms. The molecule has 1 aromatic heterocycles. The maximum Gasteiger partial charge on any atom is 0.329 e. The second-order valence-electron chi connectivity index (χ2n) is 4.07. The van der Waals surface area contributed by atoms with Crippen LogP contribution in [0.4, 0.5) is 0 Å². The summed E-state index contributed by atoms with van der Waals surface area (Å²) in [6.45, 7) is 1.82. The van der Waals surface area contributed by atoms with Gasteiger partial charge in [0.25, 0.3) is 5.56 Å². The van der Waals surface area contributed by atoms with Crippen LogP contribution in [0.2, 0.25) is 0 Å². The Balaban J connectivity index is 2.65. The van der Waals surface area contributed by atoms with E-state index in [-0.39, 0.29) is 5.56 Å². The van der Waals surface area contributed by atoms with Gasteiger partial charge in [-0.2, -0.15) is 0 Å². The number of esters is 1. The number of carbonyl (C=O) groups is 1. The van der Waals surface area contributed by atoms with Crippen LogP contribution in [0.1, 0.15) is 19.4 Å². The molecule has 0 fully saturated rings. The average molecular weight is 325 g/mol. The lowest BCUT2D eigenvalue weighted by atomic mass is 10.2. The summed E-state index contributed by atoms with van der Waals surface area (Å²) in [4.78, 5) is 28.3. The lowest BCUT2D eigenvalue weighted by molar-refractivity contribution is -0.144. The first kappa shape index (κ1) is 13.7. The first-order chi connectivity index (χ1) is 9.08. The number of methoxy groups -OCH3 is 1. The largest absolute Gasteiger partial charge is 0.467 e. The fraction of sp³-hybridized carbons (Fsp3) is 0.308. The van der Waals surface area contributed by atoms with Gasteiger partial charge in [-0.25, -0.2) is 9.78 Å². The molecule has 0 N–H and O–H groups in total. The minimum Gasteiger partial charge on any atom is -0.467 e. The number of benzene rings is 1. The second-order valence-corrected chi connectivity index (χ2v) is 4.98. The van der Waals surface area contributed by atoms with Crippen LogP contribution in [-0.2, 0) is 9.53 Å². The van der Waals surface area contributed by atoms with Crippen molar-refractivity contribution < 1.29 is 9.53 Å². The molecule has 0 amide bonds. The molecule has 0 radical (unpaired) electrons. The molecule has 1 unspecified atom stereocenters. The van der Waals surface area contributed by atoms with Gasteiger partial charge in [0.1, 0.15) is 6.04 Å². The van der Waals surface area contributed by atoms with E-state index >= 15 is 0 Å². The van der Waals surface area contributed by atoms with Crippen molar-refractivity contribution in [1.82, 2.24) is 9.55 Å². The molecule has 1 atom stereocenters. The maximum absolute atomic E-state index is 12.4. The molecule has 19 heavy (non-hydrogen) atoms. The Hall–Kier alpha value is -1.69. The van der Waals surface area contributed by atoms with E-state index in [0.29, 0.717) is 17.3 Å². The van der Waals surface area contributed by atoms with Gasteiger partial charge in [-0.05, 0) is 24.6 Å². The van der Waals surface area contributed by atoms with E-state index in [1.54, 1.807) is 12.1 Å². The third-order valence-corrected chi connectivity index (χ3v) is 3.43. The molecular formula is C13H13BrN2O3. The number of hydrogen-bond donors (Lipinski definition) is 0. The van der Waals surface area contributed by atoms with Gasteiger partial charge in [-0.1, -0.05) is 22.9 Å². The molecule has 0 aliphatic rings. The van der Waals surface area contributed by atoms with Crippen molar-refractivity contribution in [1.29, 1.82) is 0 Å². The summed E-state index contributed by atoms with van der Waals surface area (Å²) in [7, 11) is 1.31. The topological polar surface area (TPSA) is 61.2 Å². The molecule has 2 rings (SSSR count). The van der Waals surface area contributed by atoms with Crippen LogP contribution in [-0.4, -0.2) is 22.6 Å². The molecular weight excluding hydrogens is 312 g/mol. The molecule has 0 bridgehead atoms. The minimum absolute atomic E-state index is 0.247. The van der Waals surface area contributed by atoms with Crippen LogP contribution in [0.3, 0.4) is 0 Å². The van der Waals surface area contributed by atoms with Crippen LogP contribution in [0.25, 0.3) is 10.9 Å². The van der Waals surface area contributed by atoms with Gasteiger partial charge in [0.15, 0.2) is 0 Å². The SMILES string of the molecule is CCC(C(=O)OC)n1cnc2ccc(Br)cc2c1=O. The van der Waals surface area contributed by atoms with E-state index in [9.17, 15) is 9.59 Å². The van der Waals surface area contributed by atoms with Crippen LogP contribution in [0.15, 0.2) is 33.8 Å². The molecule has 5 nitrogen and oxygen atoms in total. The van der Waals surface area contributed by atoms with Crippen molar-refractivity contribution in [2.45, 2.75) is 19.4 Å². The Morgan fingerprint density at radius 1 is 1.53 bits per heavy atom. The molecule has 2 aromatic rings. The molecule has 1 heterocycles. The summed E-state index contributed by atoms with van der Waals surface area (Å²) < 4.78 is 6.83. The van der Waals surface area contributed by atoms with Crippen LogP contribution < -0.4 is 5.56 Å². The molecule has 0 saturated heterocycles. The summed E-state index contributed by atoms with van der Waals surface area (Å²) in [5.74, 6) is -0.444. The van der Waals surface area contributed by atoms with Crippen molar-refractivity contribution in [2.24, 2.45) is 0 Å². The number of ether oxygens (including phenoxy) is 1. The number of nitrogens with zero attached hydrogens (tertiary/aromatic N) is 2. The second kappa shape index (κ2) is 5.52. The molecule has 0 saturated carbocycles. The van der Waals surface area contributed by atoms with Crippen molar-refractivity contribution in [3.05, 3.63) is 39.4 Å². The fourth-order valence-corrected chi connectivity index (χ4v) is 2.30. The highest BCUT2D eigenvalue weighted by atomic mass is 79.9. The van der Waals surface area contributed by atoms with Crippen LogP contribution in [0, 0.1) is 0 Å². The van der Waals surface area contributed by atoms with Crippen LogP contribution >= 0.6 is 15.9 Å². The zero-order valence-corrected chi connectivity index (χ0v) is 12.2. The Morgan fingerprint density at radius 2 is 2.26 bits per heavy atom. The van der Waals surface area contributed by atoms with Crippen molar-refractivity contribution in [3.8, 4) is 0 Å². The summed E-state index contributed by atoms with van der Waals surface area (Å²) in [6, 6.07) is 4.62. The van der Waals surface area contributed by atoms with E-state index in [2.05, 4.69) is 20.9 Å². The van der Waals surface area contributed by atoms with E-state index in [1.807, 2.05) is 13.0 Å². The highest BCUT2D eigenvalue weighted by molar-refractivity contribution is 9.10. The Kier molecular flexibility index (Phi) is 3.99.